The Kier molecular flexibility index (Phi) is 4.63. The molecule has 0 spiro atoms. The first-order valence-electron chi connectivity index (χ1n) is 6.89. The predicted octanol–water partition coefficient (Wildman–Crippen LogP) is 2.33. The van der Waals surface area contributed by atoms with E-state index in [0.717, 1.165) is 31.0 Å². The average molecular weight is 315 g/mol. The molecular weight excluding hydrogens is 297 g/mol. The summed E-state index contributed by atoms with van der Waals surface area (Å²) in [6.45, 7) is 2.52. The average Bonchev–Trinajstić information content (AvgIpc) is 3.22. The summed E-state index contributed by atoms with van der Waals surface area (Å²) in [5.41, 5.74) is -0.238. The Labute approximate surface area is 123 Å². The topological polar surface area (TPSA) is 74.7 Å². The molecule has 5 nitrogen and oxygen atoms in total. The third-order valence-electron chi connectivity index (χ3n) is 3.43. The van der Waals surface area contributed by atoms with Crippen LogP contribution in [0.5, 0.6) is 0 Å². The molecule has 0 amide bonds. The molecule has 0 atom stereocenters. The summed E-state index contributed by atoms with van der Waals surface area (Å²) in [6, 6.07) is 2.84. The summed E-state index contributed by atoms with van der Waals surface area (Å²) >= 11 is 0. The molecule has 1 N–H and O–H groups in total. The second kappa shape index (κ2) is 6.11. The maximum Gasteiger partial charge on any atom is 0.335 e. The van der Waals surface area contributed by atoms with Crippen molar-refractivity contribution in [2.45, 2.75) is 31.1 Å². The Balaban J connectivity index is 2.40. The highest BCUT2D eigenvalue weighted by Crippen LogP contribution is 2.32. The number of sulfonamides is 1. The van der Waals surface area contributed by atoms with E-state index in [1.54, 1.807) is 0 Å². The quantitative estimate of drug-likeness (QED) is 0.838. The zero-order chi connectivity index (χ0) is 15.6. The van der Waals surface area contributed by atoms with Gasteiger partial charge in [0.1, 0.15) is 10.7 Å². The van der Waals surface area contributed by atoms with Crippen LogP contribution in [0.15, 0.2) is 23.1 Å². The Morgan fingerprint density at radius 2 is 2.10 bits per heavy atom. The lowest BCUT2D eigenvalue weighted by molar-refractivity contribution is 0.0696. The van der Waals surface area contributed by atoms with Crippen molar-refractivity contribution < 1.29 is 22.7 Å². The Morgan fingerprint density at radius 3 is 2.62 bits per heavy atom. The van der Waals surface area contributed by atoms with E-state index in [0.29, 0.717) is 25.4 Å². The molecule has 7 heteroatoms. The highest BCUT2D eigenvalue weighted by Gasteiger charge is 2.33. The van der Waals surface area contributed by atoms with Crippen molar-refractivity contribution >= 4 is 16.0 Å². The summed E-state index contributed by atoms with van der Waals surface area (Å²) in [7, 11) is -4.01. The van der Waals surface area contributed by atoms with E-state index in [1.807, 2.05) is 6.92 Å². The summed E-state index contributed by atoms with van der Waals surface area (Å²) in [5, 5.41) is 8.93. The van der Waals surface area contributed by atoms with Gasteiger partial charge in [0, 0.05) is 13.1 Å². The SMILES string of the molecule is CCCN(CC1CC1)S(=O)(=O)c1cc(C(=O)O)ccc1F. The summed E-state index contributed by atoms with van der Waals surface area (Å²) < 4.78 is 40.3. The summed E-state index contributed by atoms with van der Waals surface area (Å²) in [6.07, 6.45) is 2.58. The standard InChI is InChI=1S/C14H18FNO4S/c1-2-7-16(9-10-3-4-10)21(19,20)13-8-11(14(17)18)5-6-12(13)15/h5-6,8,10H,2-4,7,9H2,1H3,(H,17,18). The van der Waals surface area contributed by atoms with Crippen molar-refractivity contribution in [3.05, 3.63) is 29.6 Å². The van der Waals surface area contributed by atoms with Gasteiger partial charge in [-0.3, -0.25) is 0 Å². The molecule has 21 heavy (non-hydrogen) atoms. The van der Waals surface area contributed by atoms with Crippen molar-refractivity contribution in [2.24, 2.45) is 5.92 Å². The van der Waals surface area contributed by atoms with E-state index in [1.165, 1.54) is 4.31 Å². The molecule has 0 saturated heterocycles. The molecule has 1 saturated carbocycles. The van der Waals surface area contributed by atoms with Crippen molar-refractivity contribution in [1.29, 1.82) is 0 Å². The van der Waals surface area contributed by atoms with Crippen LogP contribution >= 0.6 is 0 Å². The Hall–Kier alpha value is -1.47. The minimum atomic E-state index is -4.01. The van der Waals surface area contributed by atoms with Gasteiger partial charge in [0.15, 0.2) is 0 Å². The predicted molar refractivity (Wildman–Crippen MR) is 75.1 cm³/mol. The number of rotatable bonds is 7. The van der Waals surface area contributed by atoms with E-state index in [9.17, 15) is 17.6 Å². The normalized spacial score (nSPS) is 15.4. The number of benzene rings is 1. The maximum absolute atomic E-state index is 13.9. The van der Waals surface area contributed by atoms with Crippen molar-refractivity contribution in [2.75, 3.05) is 13.1 Å². The van der Waals surface area contributed by atoms with Crippen molar-refractivity contribution in [3.8, 4) is 0 Å². The molecule has 0 unspecified atom stereocenters. The zero-order valence-corrected chi connectivity index (χ0v) is 12.6. The van der Waals surface area contributed by atoms with E-state index < -0.39 is 26.7 Å². The van der Waals surface area contributed by atoms with Crippen LogP contribution in [0.4, 0.5) is 4.39 Å². The monoisotopic (exact) mass is 315 g/mol. The number of hydrogen-bond donors (Lipinski definition) is 1. The van der Waals surface area contributed by atoms with Crippen LogP contribution in [0.3, 0.4) is 0 Å². The first kappa shape index (κ1) is 15.9. The van der Waals surface area contributed by atoms with Gasteiger partial charge in [-0.25, -0.2) is 17.6 Å². The number of carbonyl (C=O) groups is 1. The molecule has 1 aliphatic carbocycles. The second-order valence-electron chi connectivity index (χ2n) is 5.26. The molecule has 0 aliphatic heterocycles. The van der Waals surface area contributed by atoms with Gasteiger partial charge in [0.25, 0.3) is 0 Å². The van der Waals surface area contributed by atoms with Crippen LogP contribution in [0, 0.1) is 11.7 Å². The minimum Gasteiger partial charge on any atom is -0.478 e. The lowest BCUT2D eigenvalue weighted by Gasteiger charge is -2.22. The van der Waals surface area contributed by atoms with Crippen LogP contribution < -0.4 is 0 Å². The lowest BCUT2D eigenvalue weighted by Crippen LogP contribution is -2.34. The van der Waals surface area contributed by atoms with Gasteiger partial charge >= 0.3 is 5.97 Å². The van der Waals surface area contributed by atoms with Gasteiger partial charge in [-0.2, -0.15) is 4.31 Å². The van der Waals surface area contributed by atoms with E-state index in [4.69, 9.17) is 5.11 Å². The smallest absolute Gasteiger partial charge is 0.335 e. The van der Waals surface area contributed by atoms with Gasteiger partial charge in [-0.15, -0.1) is 0 Å². The minimum absolute atomic E-state index is 0.238. The fraction of sp³-hybridized carbons (Fsp3) is 0.500. The fourth-order valence-corrected chi connectivity index (χ4v) is 3.82. The zero-order valence-electron chi connectivity index (χ0n) is 11.8. The number of halogens is 1. The van der Waals surface area contributed by atoms with Crippen LogP contribution in [-0.4, -0.2) is 36.9 Å². The first-order valence-corrected chi connectivity index (χ1v) is 8.33. The molecular formula is C14H18FNO4S. The van der Waals surface area contributed by atoms with Crippen LogP contribution in [0.1, 0.15) is 36.5 Å². The number of carboxylic acid groups (broad SMARTS) is 1. The van der Waals surface area contributed by atoms with Gasteiger partial charge in [0.05, 0.1) is 5.56 Å². The van der Waals surface area contributed by atoms with Crippen LogP contribution in [0.25, 0.3) is 0 Å². The molecule has 1 aromatic carbocycles. The molecule has 1 aliphatic rings. The summed E-state index contributed by atoms with van der Waals surface area (Å²) in [5.74, 6) is -1.87. The Morgan fingerprint density at radius 1 is 1.43 bits per heavy atom. The Bertz CT molecular complexity index is 640. The number of carboxylic acids is 1. The molecule has 0 bridgehead atoms. The third-order valence-corrected chi connectivity index (χ3v) is 5.31. The highest BCUT2D eigenvalue weighted by atomic mass is 32.2. The van der Waals surface area contributed by atoms with Gasteiger partial charge in [-0.05, 0) is 43.4 Å². The van der Waals surface area contributed by atoms with E-state index >= 15 is 0 Å². The molecule has 1 fully saturated rings. The van der Waals surface area contributed by atoms with E-state index in [-0.39, 0.29) is 5.56 Å². The summed E-state index contributed by atoms with van der Waals surface area (Å²) in [4.78, 5) is 10.4. The second-order valence-corrected chi connectivity index (χ2v) is 7.16. The molecule has 0 aromatic heterocycles. The molecule has 1 aromatic rings. The molecule has 0 heterocycles. The van der Waals surface area contributed by atoms with Crippen LogP contribution in [-0.2, 0) is 10.0 Å². The molecule has 0 radical (unpaired) electrons. The molecule has 2 rings (SSSR count). The third kappa shape index (κ3) is 3.59. The number of nitrogens with zero attached hydrogens (tertiary/aromatic N) is 1. The van der Waals surface area contributed by atoms with Crippen LogP contribution in [0.2, 0.25) is 0 Å². The van der Waals surface area contributed by atoms with Gasteiger partial charge < -0.3 is 5.11 Å². The highest BCUT2D eigenvalue weighted by molar-refractivity contribution is 7.89. The fourth-order valence-electron chi connectivity index (χ4n) is 2.12. The van der Waals surface area contributed by atoms with Crippen molar-refractivity contribution in [3.63, 3.8) is 0 Å². The number of aromatic carboxylic acids is 1. The van der Waals surface area contributed by atoms with E-state index in [2.05, 4.69) is 0 Å². The van der Waals surface area contributed by atoms with Crippen molar-refractivity contribution in [1.82, 2.24) is 4.31 Å². The maximum atomic E-state index is 13.9. The largest absolute Gasteiger partial charge is 0.478 e. The molecule has 116 valence electrons. The number of hydrogen-bond acceptors (Lipinski definition) is 3. The first-order chi connectivity index (χ1) is 9.86. The lowest BCUT2D eigenvalue weighted by atomic mass is 10.2. The van der Waals surface area contributed by atoms with Gasteiger partial charge in [0.2, 0.25) is 10.0 Å². The van der Waals surface area contributed by atoms with Gasteiger partial charge in [-0.1, -0.05) is 6.92 Å².